The van der Waals surface area contributed by atoms with Crippen molar-refractivity contribution < 1.29 is 9.53 Å². The van der Waals surface area contributed by atoms with Gasteiger partial charge in [-0.25, -0.2) is 0 Å². The highest BCUT2D eigenvalue weighted by atomic mass is 32.2. The molecule has 1 aromatic heterocycles. The molecule has 1 heterocycles. The number of anilines is 2. The topological polar surface area (TPSA) is 76.1 Å². The van der Waals surface area contributed by atoms with Gasteiger partial charge in [-0.05, 0) is 32.9 Å². The van der Waals surface area contributed by atoms with Crippen molar-refractivity contribution in [2.45, 2.75) is 30.6 Å². The predicted molar refractivity (Wildman–Crippen MR) is 94.8 cm³/mol. The molecule has 23 heavy (non-hydrogen) atoms. The Morgan fingerprint density at radius 2 is 2.04 bits per heavy atom. The second kappa shape index (κ2) is 7.65. The Morgan fingerprint density at radius 3 is 2.74 bits per heavy atom. The molecule has 0 radical (unpaired) electrons. The van der Waals surface area contributed by atoms with Crippen molar-refractivity contribution >= 4 is 39.8 Å². The second-order valence-electron chi connectivity index (χ2n) is 5.79. The number of hydrogen-bond donors (Lipinski definition) is 2. The molecule has 0 saturated carbocycles. The van der Waals surface area contributed by atoms with Gasteiger partial charge < -0.3 is 15.4 Å². The fourth-order valence-electron chi connectivity index (χ4n) is 1.76. The number of aromatic nitrogens is 2. The number of benzene rings is 1. The van der Waals surface area contributed by atoms with E-state index in [4.69, 9.17) is 4.74 Å². The van der Waals surface area contributed by atoms with Crippen LogP contribution in [0.4, 0.5) is 10.8 Å². The molecule has 2 aromatic rings. The minimum Gasteiger partial charge on any atom is -0.495 e. The van der Waals surface area contributed by atoms with Crippen molar-refractivity contribution in [1.82, 2.24) is 15.5 Å². The lowest BCUT2D eigenvalue weighted by Gasteiger charge is -2.19. The first kappa shape index (κ1) is 17.6. The fourth-order valence-corrected chi connectivity index (χ4v) is 3.33. The number of nitrogens with zero attached hydrogens (tertiary/aromatic N) is 2. The maximum atomic E-state index is 11.8. The summed E-state index contributed by atoms with van der Waals surface area (Å²) in [4.78, 5) is 11.8. The predicted octanol–water partition coefficient (Wildman–Crippen LogP) is 3.30. The molecule has 8 heteroatoms. The summed E-state index contributed by atoms with van der Waals surface area (Å²) >= 11 is 2.77. The summed E-state index contributed by atoms with van der Waals surface area (Å²) in [6.07, 6.45) is 0. The summed E-state index contributed by atoms with van der Waals surface area (Å²) < 4.78 is 6.03. The van der Waals surface area contributed by atoms with Crippen molar-refractivity contribution in [2.24, 2.45) is 0 Å². The molecule has 0 bridgehead atoms. The van der Waals surface area contributed by atoms with Crippen molar-refractivity contribution in [3.05, 3.63) is 24.3 Å². The van der Waals surface area contributed by atoms with Gasteiger partial charge in [0.15, 0.2) is 4.34 Å². The highest BCUT2D eigenvalue weighted by Crippen LogP contribution is 2.31. The van der Waals surface area contributed by atoms with E-state index < -0.39 is 0 Å². The number of thioether (sulfide) groups is 1. The van der Waals surface area contributed by atoms with Crippen LogP contribution in [0.1, 0.15) is 20.8 Å². The molecule has 1 aromatic carbocycles. The Bertz CT molecular complexity index is 667. The van der Waals surface area contributed by atoms with Gasteiger partial charge in [0.25, 0.3) is 0 Å². The Kier molecular flexibility index (Phi) is 5.84. The summed E-state index contributed by atoms with van der Waals surface area (Å²) in [5.41, 5.74) is 0.600. The van der Waals surface area contributed by atoms with Crippen LogP contribution in [0.25, 0.3) is 0 Å². The van der Waals surface area contributed by atoms with E-state index >= 15 is 0 Å². The van der Waals surface area contributed by atoms with Crippen LogP contribution in [0.15, 0.2) is 28.6 Å². The number of carbonyl (C=O) groups is 1. The van der Waals surface area contributed by atoms with Crippen LogP contribution in [-0.2, 0) is 4.79 Å². The van der Waals surface area contributed by atoms with Gasteiger partial charge in [0, 0.05) is 5.54 Å². The highest BCUT2D eigenvalue weighted by Gasteiger charge is 2.15. The number of rotatable bonds is 6. The molecular weight excluding hydrogens is 332 g/mol. The summed E-state index contributed by atoms with van der Waals surface area (Å²) in [6.45, 7) is 5.86. The number of methoxy groups -OCH3 is 1. The van der Waals surface area contributed by atoms with E-state index in [2.05, 4.69) is 20.8 Å². The van der Waals surface area contributed by atoms with E-state index in [-0.39, 0.29) is 11.4 Å². The summed E-state index contributed by atoms with van der Waals surface area (Å²) in [7, 11) is 1.62. The van der Waals surface area contributed by atoms with Gasteiger partial charge in [-0.2, -0.15) is 0 Å². The Hall–Kier alpha value is -1.80. The van der Waals surface area contributed by atoms with E-state index in [9.17, 15) is 4.79 Å². The number of hydrogen-bond acceptors (Lipinski definition) is 7. The summed E-state index contributed by atoms with van der Waals surface area (Å²) in [6, 6.07) is 7.59. The number of nitrogens with one attached hydrogen (secondary N) is 2. The molecule has 1 amide bonds. The lowest BCUT2D eigenvalue weighted by Crippen LogP contribution is -2.41. The molecule has 0 saturated heterocycles. The smallest absolute Gasteiger partial charge is 0.230 e. The zero-order valence-corrected chi connectivity index (χ0v) is 15.2. The average Bonchev–Trinajstić information content (AvgIpc) is 2.91. The van der Waals surface area contributed by atoms with Crippen LogP contribution < -0.4 is 15.4 Å². The normalized spacial score (nSPS) is 11.1. The van der Waals surface area contributed by atoms with E-state index in [1.807, 2.05) is 45.0 Å². The van der Waals surface area contributed by atoms with Crippen LogP contribution in [-0.4, -0.2) is 34.5 Å². The van der Waals surface area contributed by atoms with Gasteiger partial charge in [-0.15, -0.1) is 10.2 Å². The van der Waals surface area contributed by atoms with Crippen LogP contribution in [0.2, 0.25) is 0 Å². The third-order valence-corrected chi connectivity index (χ3v) is 4.57. The maximum Gasteiger partial charge on any atom is 0.230 e. The second-order valence-corrected chi connectivity index (χ2v) is 7.99. The van der Waals surface area contributed by atoms with E-state index in [0.29, 0.717) is 10.9 Å². The summed E-state index contributed by atoms with van der Waals surface area (Å²) in [5, 5.41) is 14.9. The minimum absolute atomic E-state index is 0.0167. The minimum atomic E-state index is -0.227. The first-order chi connectivity index (χ1) is 10.9. The molecule has 0 spiro atoms. The Labute approximate surface area is 144 Å². The van der Waals surface area contributed by atoms with Crippen molar-refractivity contribution in [1.29, 1.82) is 0 Å². The highest BCUT2D eigenvalue weighted by molar-refractivity contribution is 8.01. The Morgan fingerprint density at radius 1 is 1.30 bits per heavy atom. The number of ether oxygens (including phenoxy) is 1. The molecule has 0 unspecified atom stereocenters. The van der Waals surface area contributed by atoms with Crippen LogP contribution in [0.5, 0.6) is 5.75 Å². The number of carbonyl (C=O) groups excluding carboxylic acids is 1. The van der Waals surface area contributed by atoms with Crippen LogP contribution in [0, 0.1) is 0 Å². The van der Waals surface area contributed by atoms with Crippen molar-refractivity contribution in [3.63, 3.8) is 0 Å². The molecule has 124 valence electrons. The first-order valence-electron chi connectivity index (χ1n) is 7.05. The standard InChI is InChI=1S/C15H20N4O2S2/c1-15(2,3)17-12(20)9-22-14-19-18-13(23-14)16-10-7-5-6-8-11(10)21-4/h5-8H,9H2,1-4H3,(H,16,18)(H,17,20). The van der Waals surface area contributed by atoms with Crippen molar-refractivity contribution in [3.8, 4) is 5.75 Å². The van der Waals surface area contributed by atoms with Gasteiger partial charge in [-0.3, -0.25) is 4.79 Å². The third kappa shape index (κ3) is 5.72. The largest absolute Gasteiger partial charge is 0.495 e. The number of amides is 1. The van der Waals surface area contributed by atoms with Gasteiger partial charge in [-0.1, -0.05) is 35.2 Å². The first-order valence-corrected chi connectivity index (χ1v) is 8.85. The SMILES string of the molecule is COc1ccccc1Nc1nnc(SCC(=O)NC(C)(C)C)s1. The molecule has 0 fully saturated rings. The van der Waals surface area contributed by atoms with Gasteiger partial charge >= 0.3 is 0 Å². The summed E-state index contributed by atoms with van der Waals surface area (Å²) in [5.74, 6) is 1.04. The molecule has 6 nitrogen and oxygen atoms in total. The molecule has 2 N–H and O–H groups in total. The van der Waals surface area contributed by atoms with Crippen LogP contribution in [0.3, 0.4) is 0 Å². The maximum absolute atomic E-state index is 11.8. The molecular formula is C15H20N4O2S2. The zero-order chi connectivity index (χ0) is 16.9. The lowest BCUT2D eigenvalue weighted by atomic mass is 10.1. The van der Waals surface area contributed by atoms with Crippen molar-refractivity contribution in [2.75, 3.05) is 18.2 Å². The molecule has 2 rings (SSSR count). The Balaban J connectivity index is 1.92. The van der Waals surface area contributed by atoms with Gasteiger partial charge in [0.2, 0.25) is 11.0 Å². The monoisotopic (exact) mass is 352 g/mol. The van der Waals surface area contributed by atoms with Gasteiger partial charge in [0.1, 0.15) is 5.75 Å². The molecule has 0 aliphatic rings. The van der Waals surface area contributed by atoms with Crippen LogP contribution >= 0.6 is 23.1 Å². The fraction of sp³-hybridized carbons (Fsp3) is 0.400. The quantitative estimate of drug-likeness (QED) is 0.777. The zero-order valence-electron chi connectivity index (χ0n) is 13.5. The number of para-hydroxylation sites is 2. The molecule has 0 atom stereocenters. The molecule has 0 aliphatic carbocycles. The lowest BCUT2D eigenvalue weighted by molar-refractivity contribution is -0.119. The van der Waals surface area contributed by atoms with Gasteiger partial charge in [0.05, 0.1) is 18.6 Å². The van der Waals surface area contributed by atoms with E-state index in [1.165, 1.54) is 23.1 Å². The molecule has 0 aliphatic heterocycles. The average molecular weight is 352 g/mol. The van der Waals surface area contributed by atoms with E-state index in [1.54, 1.807) is 7.11 Å². The third-order valence-electron chi connectivity index (χ3n) is 2.60. The van der Waals surface area contributed by atoms with E-state index in [0.717, 1.165) is 15.8 Å².